The molecule has 0 aliphatic carbocycles. The molecule has 0 atom stereocenters. The predicted octanol–water partition coefficient (Wildman–Crippen LogP) is 1.25. The Labute approximate surface area is 136 Å². The number of carbonyl (C=O) groups excluding carboxylic acids is 2. The van der Waals surface area contributed by atoms with E-state index in [1.165, 1.54) is 29.0 Å². The molecule has 3 rings (SSSR count). The van der Waals surface area contributed by atoms with Gasteiger partial charge < -0.3 is 5.32 Å². The average Bonchev–Trinajstić information content (AvgIpc) is 2.94. The fourth-order valence-electron chi connectivity index (χ4n) is 2.53. The van der Waals surface area contributed by atoms with E-state index in [9.17, 15) is 18.8 Å². The number of aryl methyl sites for hydroxylation is 2. The molecule has 7 nitrogen and oxygen atoms in total. The van der Waals surface area contributed by atoms with Crippen molar-refractivity contribution in [3.63, 3.8) is 0 Å². The molecular formula is C16H15FN4O3. The van der Waals surface area contributed by atoms with Gasteiger partial charge in [-0.2, -0.15) is 0 Å². The number of aromatic amines is 1. The number of halogens is 1. The van der Waals surface area contributed by atoms with Crippen LogP contribution in [0.1, 0.15) is 16.8 Å². The van der Waals surface area contributed by atoms with E-state index in [-0.39, 0.29) is 28.9 Å². The van der Waals surface area contributed by atoms with Gasteiger partial charge in [-0.3, -0.25) is 24.3 Å². The molecule has 24 heavy (non-hydrogen) atoms. The number of benzene rings is 1. The van der Waals surface area contributed by atoms with E-state index < -0.39 is 17.8 Å². The summed E-state index contributed by atoms with van der Waals surface area (Å²) in [4.78, 5) is 37.3. The van der Waals surface area contributed by atoms with Crippen molar-refractivity contribution in [2.75, 3.05) is 0 Å². The maximum atomic E-state index is 13.7. The second-order valence-electron chi connectivity index (χ2n) is 5.49. The van der Waals surface area contributed by atoms with Crippen molar-refractivity contribution < 1.29 is 14.0 Å². The SMILES string of the molecule is Cc1[nH]n(C)c(=O)c1/C=C1\NC(=O)N(Cc2ccccc2F)C1=O. The van der Waals surface area contributed by atoms with Gasteiger partial charge in [-0.15, -0.1) is 0 Å². The number of H-pyrrole nitrogens is 1. The summed E-state index contributed by atoms with van der Waals surface area (Å²) < 4.78 is 15.0. The molecule has 2 N–H and O–H groups in total. The molecule has 1 aliphatic rings. The number of nitrogens with one attached hydrogen (secondary N) is 2. The van der Waals surface area contributed by atoms with Crippen LogP contribution in [0.3, 0.4) is 0 Å². The number of hydrogen-bond acceptors (Lipinski definition) is 3. The van der Waals surface area contributed by atoms with Crippen LogP contribution in [0.5, 0.6) is 0 Å². The minimum atomic E-state index is -0.653. The molecule has 1 aromatic carbocycles. The molecule has 0 radical (unpaired) electrons. The van der Waals surface area contributed by atoms with Crippen LogP contribution < -0.4 is 10.9 Å². The Morgan fingerprint density at radius 2 is 1.92 bits per heavy atom. The van der Waals surface area contributed by atoms with Crippen molar-refractivity contribution in [3.8, 4) is 0 Å². The van der Waals surface area contributed by atoms with E-state index in [1.807, 2.05) is 0 Å². The van der Waals surface area contributed by atoms with Crippen LogP contribution in [-0.2, 0) is 18.4 Å². The summed E-state index contributed by atoms with van der Waals surface area (Å²) in [7, 11) is 1.55. The fraction of sp³-hybridized carbons (Fsp3) is 0.188. The highest BCUT2D eigenvalue weighted by Gasteiger charge is 2.34. The normalized spacial score (nSPS) is 16.1. The molecule has 3 amide bonds. The van der Waals surface area contributed by atoms with Crippen LogP contribution in [0.15, 0.2) is 34.8 Å². The van der Waals surface area contributed by atoms with Crippen molar-refractivity contribution in [1.29, 1.82) is 0 Å². The van der Waals surface area contributed by atoms with E-state index in [1.54, 1.807) is 20.0 Å². The van der Waals surface area contributed by atoms with Gasteiger partial charge in [-0.25, -0.2) is 9.18 Å². The molecule has 1 fully saturated rings. The zero-order chi connectivity index (χ0) is 17.4. The summed E-state index contributed by atoms with van der Waals surface area (Å²) >= 11 is 0. The molecule has 0 unspecified atom stereocenters. The topological polar surface area (TPSA) is 87.2 Å². The molecule has 0 bridgehead atoms. The lowest BCUT2D eigenvalue weighted by atomic mass is 10.2. The van der Waals surface area contributed by atoms with E-state index >= 15 is 0 Å². The molecular weight excluding hydrogens is 315 g/mol. The zero-order valence-corrected chi connectivity index (χ0v) is 13.1. The Bertz CT molecular complexity index is 926. The molecule has 2 heterocycles. The highest BCUT2D eigenvalue weighted by Crippen LogP contribution is 2.18. The van der Waals surface area contributed by atoms with Crippen LogP contribution >= 0.6 is 0 Å². The lowest BCUT2D eigenvalue weighted by Crippen LogP contribution is -2.30. The smallest absolute Gasteiger partial charge is 0.303 e. The Morgan fingerprint density at radius 3 is 2.54 bits per heavy atom. The number of amides is 3. The number of aromatic nitrogens is 2. The summed E-state index contributed by atoms with van der Waals surface area (Å²) in [5.41, 5.74) is 0.764. The van der Waals surface area contributed by atoms with Crippen molar-refractivity contribution in [2.45, 2.75) is 13.5 Å². The zero-order valence-electron chi connectivity index (χ0n) is 13.1. The van der Waals surface area contributed by atoms with E-state index in [4.69, 9.17) is 0 Å². The first-order chi connectivity index (χ1) is 11.4. The average molecular weight is 330 g/mol. The van der Waals surface area contributed by atoms with E-state index in [0.29, 0.717) is 5.69 Å². The second-order valence-corrected chi connectivity index (χ2v) is 5.49. The molecule has 2 aromatic rings. The van der Waals surface area contributed by atoms with Gasteiger partial charge in [0.2, 0.25) is 0 Å². The molecule has 0 spiro atoms. The summed E-state index contributed by atoms with van der Waals surface area (Å²) in [5, 5.41) is 5.23. The third-order valence-electron chi connectivity index (χ3n) is 3.81. The van der Waals surface area contributed by atoms with Gasteiger partial charge in [0.25, 0.3) is 11.5 Å². The number of carbonyl (C=O) groups is 2. The molecule has 8 heteroatoms. The summed E-state index contributed by atoms with van der Waals surface area (Å²) in [5.74, 6) is -1.10. The Balaban J connectivity index is 1.91. The van der Waals surface area contributed by atoms with Gasteiger partial charge in [0.05, 0.1) is 12.1 Å². The molecule has 1 aromatic heterocycles. The lowest BCUT2D eigenvalue weighted by Gasteiger charge is -2.12. The van der Waals surface area contributed by atoms with Crippen LogP contribution in [0.4, 0.5) is 9.18 Å². The Kier molecular flexibility index (Phi) is 3.80. The maximum Gasteiger partial charge on any atom is 0.329 e. The predicted molar refractivity (Wildman–Crippen MR) is 84.2 cm³/mol. The molecule has 124 valence electrons. The minimum Gasteiger partial charge on any atom is -0.303 e. The van der Waals surface area contributed by atoms with Crippen molar-refractivity contribution in [1.82, 2.24) is 20.0 Å². The highest BCUT2D eigenvalue weighted by atomic mass is 19.1. The number of imide groups is 1. The summed E-state index contributed by atoms with van der Waals surface area (Å²) in [6.45, 7) is 1.50. The standard InChI is InChI=1S/C16H15FN4O3/c1-9-11(14(22)20(2)19-9)7-13-15(23)21(16(24)18-13)8-10-5-3-4-6-12(10)17/h3-7,19H,8H2,1-2H3,(H,18,24)/b13-7-. The van der Waals surface area contributed by atoms with Crippen LogP contribution in [0.25, 0.3) is 6.08 Å². The first kappa shape index (κ1) is 15.7. The van der Waals surface area contributed by atoms with Crippen LogP contribution in [0, 0.1) is 12.7 Å². The number of urea groups is 1. The fourth-order valence-corrected chi connectivity index (χ4v) is 2.53. The maximum absolute atomic E-state index is 13.7. The Morgan fingerprint density at radius 1 is 1.21 bits per heavy atom. The van der Waals surface area contributed by atoms with Gasteiger partial charge >= 0.3 is 6.03 Å². The first-order valence-electron chi connectivity index (χ1n) is 7.22. The first-order valence-corrected chi connectivity index (χ1v) is 7.22. The largest absolute Gasteiger partial charge is 0.329 e. The van der Waals surface area contributed by atoms with Gasteiger partial charge in [-0.1, -0.05) is 18.2 Å². The molecule has 1 saturated heterocycles. The van der Waals surface area contributed by atoms with E-state index in [2.05, 4.69) is 10.4 Å². The number of hydrogen-bond donors (Lipinski definition) is 2. The minimum absolute atomic E-state index is 0.0175. The number of nitrogens with zero attached hydrogens (tertiary/aromatic N) is 2. The van der Waals surface area contributed by atoms with Gasteiger partial charge in [0.15, 0.2) is 0 Å². The van der Waals surface area contributed by atoms with Crippen LogP contribution in [-0.4, -0.2) is 26.6 Å². The van der Waals surface area contributed by atoms with Crippen molar-refractivity contribution >= 4 is 18.0 Å². The van der Waals surface area contributed by atoms with Crippen molar-refractivity contribution in [3.05, 3.63) is 63.0 Å². The third kappa shape index (κ3) is 2.62. The monoisotopic (exact) mass is 330 g/mol. The van der Waals surface area contributed by atoms with Crippen LogP contribution in [0.2, 0.25) is 0 Å². The van der Waals surface area contributed by atoms with Gasteiger partial charge in [0.1, 0.15) is 11.5 Å². The quantitative estimate of drug-likeness (QED) is 0.656. The third-order valence-corrected chi connectivity index (χ3v) is 3.81. The summed E-state index contributed by atoms with van der Waals surface area (Å²) in [6.07, 6.45) is 1.33. The van der Waals surface area contributed by atoms with Gasteiger partial charge in [0, 0.05) is 18.3 Å². The van der Waals surface area contributed by atoms with E-state index in [0.717, 1.165) is 4.90 Å². The Hall–Kier alpha value is -3.16. The molecule has 0 saturated carbocycles. The summed E-state index contributed by atoms with van der Waals surface area (Å²) in [6, 6.07) is 5.27. The highest BCUT2D eigenvalue weighted by molar-refractivity contribution is 6.13. The lowest BCUT2D eigenvalue weighted by molar-refractivity contribution is -0.123. The number of rotatable bonds is 3. The second kappa shape index (κ2) is 5.80. The molecule has 1 aliphatic heterocycles. The van der Waals surface area contributed by atoms with Gasteiger partial charge in [-0.05, 0) is 19.1 Å². The van der Waals surface area contributed by atoms with Crippen molar-refractivity contribution in [2.24, 2.45) is 7.05 Å².